The number of anilines is 1. The molecule has 0 fully saturated rings. The molecule has 0 saturated carbocycles. The molecule has 16 heavy (non-hydrogen) atoms. The number of hydrogen-bond donors (Lipinski definition) is 1. The van der Waals surface area contributed by atoms with Crippen LogP contribution in [-0.4, -0.2) is 5.91 Å². The first-order valence-corrected chi connectivity index (χ1v) is 6.50. The van der Waals surface area contributed by atoms with Gasteiger partial charge in [-0.25, -0.2) is 0 Å². The lowest BCUT2D eigenvalue weighted by Crippen LogP contribution is -2.14. The van der Waals surface area contributed by atoms with Gasteiger partial charge in [0.2, 0.25) is 0 Å². The molecule has 1 N–H and O–H groups in total. The average molecular weight is 329 g/mol. The maximum Gasteiger partial charge on any atom is 0.252 e. The van der Waals surface area contributed by atoms with Crippen LogP contribution in [0.3, 0.4) is 0 Å². The monoisotopic (exact) mass is 329 g/mol. The van der Waals surface area contributed by atoms with Gasteiger partial charge in [0.15, 0.2) is 0 Å². The van der Waals surface area contributed by atoms with Crippen molar-refractivity contribution in [3.05, 3.63) is 39.5 Å². The molecule has 1 aromatic rings. The van der Waals surface area contributed by atoms with Gasteiger partial charge in [-0.15, -0.1) is 0 Å². The Morgan fingerprint density at radius 3 is 2.31 bits per heavy atom. The molecule has 0 aliphatic heterocycles. The summed E-state index contributed by atoms with van der Waals surface area (Å²) < 4.78 is 1.13. The van der Waals surface area contributed by atoms with Crippen LogP contribution in [0.15, 0.2) is 39.5 Å². The van der Waals surface area contributed by atoms with E-state index in [1.807, 2.05) is 37.3 Å². The number of amides is 1. The lowest BCUT2D eigenvalue weighted by Gasteiger charge is -2.09. The van der Waals surface area contributed by atoms with Crippen molar-refractivity contribution in [3.63, 3.8) is 0 Å². The van der Waals surface area contributed by atoms with Crippen LogP contribution in [0.2, 0.25) is 0 Å². The van der Waals surface area contributed by atoms with E-state index in [0.29, 0.717) is 0 Å². The Labute approximate surface area is 110 Å². The number of carbonyl (C=O) groups excluding carboxylic acids is 1. The van der Waals surface area contributed by atoms with Crippen LogP contribution < -0.4 is 5.32 Å². The first-order valence-electron chi connectivity index (χ1n) is 5.43. The molecule has 0 heterocycles. The standard InChI is InChI=1S/C13H16INO/c1-3-11(12(14)4-2)13(16)15-10-8-6-5-7-9-10/h5-9H,3-4H2,1-2H3,(H,15,16)/b12-11-. The third-order valence-corrected chi connectivity index (χ3v) is 3.71. The van der Waals surface area contributed by atoms with Crippen molar-refractivity contribution in [2.45, 2.75) is 26.7 Å². The molecule has 2 nitrogen and oxygen atoms in total. The van der Waals surface area contributed by atoms with Gasteiger partial charge in [0.05, 0.1) is 0 Å². The van der Waals surface area contributed by atoms with Crippen LogP contribution in [-0.2, 0) is 4.79 Å². The second-order valence-electron chi connectivity index (χ2n) is 3.41. The number of rotatable bonds is 4. The first kappa shape index (κ1) is 13.2. The molecule has 1 amide bonds. The second kappa shape index (κ2) is 6.68. The molecule has 1 aromatic carbocycles. The van der Waals surface area contributed by atoms with Gasteiger partial charge in [-0.2, -0.15) is 0 Å². The number of carbonyl (C=O) groups is 1. The minimum Gasteiger partial charge on any atom is -0.322 e. The van der Waals surface area contributed by atoms with Crippen LogP contribution >= 0.6 is 22.6 Å². The zero-order valence-electron chi connectivity index (χ0n) is 9.59. The highest BCUT2D eigenvalue weighted by atomic mass is 127. The van der Waals surface area contributed by atoms with Crippen molar-refractivity contribution in [3.8, 4) is 0 Å². The highest BCUT2D eigenvalue weighted by Gasteiger charge is 2.10. The van der Waals surface area contributed by atoms with Gasteiger partial charge in [-0.05, 0) is 51.1 Å². The number of para-hydroxylation sites is 1. The molecular weight excluding hydrogens is 313 g/mol. The van der Waals surface area contributed by atoms with Gasteiger partial charge in [0.25, 0.3) is 5.91 Å². The zero-order chi connectivity index (χ0) is 12.0. The summed E-state index contributed by atoms with van der Waals surface area (Å²) >= 11 is 2.24. The summed E-state index contributed by atoms with van der Waals surface area (Å²) in [6, 6.07) is 9.54. The van der Waals surface area contributed by atoms with Gasteiger partial charge < -0.3 is 5.32 Å². The third-order valence-electron chi connectivity index (χ3n) is 2.30. The van der Waals surface area contributed by atoms with Gasteiger partial charge in [0.1, 0.15) is 0 Å². The molecule has 0 saturated heterocycles. The van der Waals surface area contributed by atoms with Gasteiger partial charge in [-0.3, -0.25) is 4.79 Å². The minimum absolute atomic E-state index is 0.0138. The molecule has 0 spiro atoms. The summed E-state index contributed by atoms with van der Waals surface area (Å²) in [7, 11) is 0. The predicted molar refractivity (Wildman–Crippen MR) is 76.7 cm³/mol. The van der Waals surface area contributed by atoms with Crippen molar-refractivity contribution in [2.24, 2.45) is 0 Å². The highest BCUT2D eigenvalue weighted by Crippen LogP contribution is 2.20. The lowest BCUT2D eigenvalue weighted by molar-refractivity contribution is -0.113. The van der Waals surface area contributed by atoms with E-state index >= 15 is 0 Å². The van der Waals surface area contributed by atoms with Crippen molar-refractivity contribution in [2.75, 3.05) is 5.32 Å². The summed E-state index contributed by atoms with van der Waals surface area (Å²) in [5.41, 5.74) is 1.73. The van der Waals surface area contributed by atoms with E-state index in [1.54, 1.807) is 0 Å². The smallest absolute Gasteiger partial charge is 0.252 e. The minimum atomic E-state index is 0.0138. The van der Waals surface area contributed by atoms with Crippen LogP contribution in [0.25, 0.3) is 0 Å². The Morgan fingerprint density at radius 2 is 1.81 bits per heavy atom. The predicted octanol–water partition coefficient (Wildman–Crippen LogP) is 4.13. The summed E-state index contributed by atoms with van der Waals surface area (Å²) in [6.07, 6.45) is 1.68. The van der Waals surface area contributed by atoms with E-state index in [0.717, 1.165) is 27.7 Å². The Balaban J connectivity index is 2.79. The fourth-order valence-electron chi connectivity index (χ4n) is 1.42. The Hall–Kier alpha value is -0.840. The van der Waals surface area contributed by atoms with Crippen molar-refractivity contribution in [1.29, 1.82) is 0 Å². The molecule has 0 bridgehead atoms. The average Bonchev–Trinajstić information content (AvgIpc) is 2.31. The second-order valence-corrected chi connectivity index (χ2v) is 4.71. The normalized spacial score (nSPS) is 11.9. The van der Waals surface area contributed by atoms with Crippen molar-refractivity contribution < 1.29 is 4.79 Å². The fraction of sp³-hybridized carbons (Fsp3) is 0.308. The van der Waals surface area contributed by atoms with Gasteiger partial charge in [0, 0.05) is 11.3 Å². The number of allylic oxidation sites excluding steroid dienone is 1. The molecule has 0 radical (unpaired) electrons. The van der Waals surface area contributed by atoms with Crippen molar-refractivity contribution in [1.82, 2.24) is 0 Å². The highest BCUT2D eigenvalue weighted by molar-refractivity contribution is 14.1. The SMILES string of the molecule is CC/C(I)=C(\CC)C(=O)Nc1ccccc1. The van der Waals surface area contributed by atoms with E-state index in [2.05, 4.69) is 34.8 Å². The molecule has 0 unspecified atom stereocenters. The summed E-state index contributed by atoms with van der Waals surface area (Å²) in [6.45, 7) is 4.07. The molecule has 0 atom stereocenters. The first-order chi connectivity index (χ1) is 7.69. The molecule has 3 heteroatoms. The molecule has 0 aromatic heterocycles. The van der Waals surface area contributed by atoms with E-state index < -0.39 is 0 Å². The number of halogens is 1. The molecule has 0 aliphatic carbocycles. The molecule has 0 aliphatic rings. The van der Waals surface area contributed by atoms with E-state index in [-0.39, 0.29) is 5.91 Å². The fourth-order valence-corrected chi connectivity index (χ4v) is 2.04. The molecule has 1 rings (SSSR count). The Bertz CT molecular complexity index is 384. The molecular formula is C13H16INO. The van der Waals surface area contributed by atoms with Crippen LogP contribution in [0.1, 0.15) is 26.7 Å². The van der Waals surface area contributed by atoms with Gasteiger partial charge >= 0.3 is 0 Å². The summed E-state index contributed by atoms with van der Waals surface area (Å²) in [5.74, 6) is 0.0138. The third kappa shape index (κ3) is 3.63. The summed E-state index contributed by atoms with van der Waals surface area (Å²) in [4.78, 5) is 12.0. The summed E-state index contributed by atoms with van der Waals surface area (Å²) in [5, 5.41) is 2.91. The quantitative estimate of drug-likeness (QED) is 0.653. The largest absolute Gasteiger partial charge is 0.322 e. The number of hydrogen-bond acceptors (Lipinski definition) is 1. The van der Waals surface area contributed by atoms with Crippen LogP contribution in [0.4, 0.5) is 5.69 Å². The lowest BCUT2D eigenvalue weighted by atomic mass is 10.1. The van der Waals surface area contributed by atoms with E-state index in [1.165, 1.54) is 0 Å². The van der Waals surface area contributed by atoms with Crippen LogP contribution in [0, 0.1) is 0 Å². The Kier molecular flexibility index (Phi) is 5.52. The maximum absolute atomic E-state index is 12.0. The Morgan fingerprint density at radius 1 is 1.19 bits per heavy atom. The topological polar surface area (TPSA) is 29.1 Å². The molecule has 86 valence electrons. The van der Waals surface area contributed by atoms with Crippen molar-refractivity contribution >= 4 is 34.2 Å². The van der Waals surface area contributed by atoms with Gasteiger partial charge in [-0.1, -0.05) is 32.0 Å². The number of benzene rings is 1. The maximum atomic E-state index is 12.0. The zero-order valence-corrected chi connectivity index (χ0v) is 11.7. The number of nitrogens with one attached hydrogen (secondary N) is 1. The van der Waals surface area contributed by atoms with E-state index in [4.69, 9.17) is 0 Å². The van der Waals surface area contributed by atoms with Crippen LogP contribution in [0.5, 0.6) is 0 Å². The van der Waals surface area contributed by atoms with E-state index in [9.17, 15) is 4.79 Å².